The van der Waals surface area contributed by atoms with Crippen LogP contribution in [0.5, 0.6) is 0 Å². The van der Waals surface area contributed by atoms with Crippen LogP contribution in [0.2, 0.25) is 0 Å². The van der Waals surface area contributed by atoms with Crippen molar-refractivity contribution in [2.75, 3.05) is 37.6 Å². The van der Waals surface area contributed by atoms with Gasteiger partial charge in [0.2, 0.25) is 5.91 Å². The number of hydrogen-bond donors (Lipinski definition) is 1. The molecule has 0 spiro atoms. The van der Waals surface area contributed by atoms with Crippen molar-refractivity contribution in [2.45, 2.75) is 13.3 Å². The van der Waals surface area contributed by atoms with Gasteiger partial charge in [0.15, 0.2) is 0 Å². The van der Waals surface area contributed by atoms with E-state index in [1.807, 2.05) is 17.9 Å². The van der Waals surface area contributed by atoms with Gasteiger partial charge in [-0.1, -0.05) is 25.1 Å². The van der Waals surface area contributed by atoms with Crippen molar-refractivity contribution >= 4 is 11.6 Å². The average molecular weight is 261 g/mol. The second kappa shape index (κ2) is 6.57. The first-order chi connectivity index (χ1) is 9.22. The molecule has 1 aromatic carbocycles. The van der Waals surface area contributed by atoms with Crippen LogP contribution in [0.3, 0.4) is 0 Å². The van der Waals surface area contributed by atoms with Crippen molar-refractivity contribution in [2.24, 2.45) is 11.7 Å². The summed E-state index contributed by atoms with van der Waals surface area (Å²) in [5.41, 5.74) is 6.82. The molecule has 1 heterocycles. The first-order valence-corrected chi connectivity index (χ1v) is 7.01. The predicted octanol–water partition coefficient (Wildman–Crippen LogP) is 1.32. The summed E-state index contributed by atoms with van der Waals surface area (Å²) in [6.07, 6.45) is 1.01. The van der Waals surface area contributed by atoms with E-state index in [9.17, 15) is 4.79 Å². The summed E-state index contributed by atoms with van der Waals surface area (Å²) in [4.78, 5) is 16.5. The highest BCUT2D eigenvalue weighted by Gasteiger charge is 2.22. The molecule has 0 aliphatic carbocycles. The zero-order valence-corrected chi connectivity index (χ0v) is 11.6. The third-order valence-corrected chi connectivity index (χ3v) is 3.70. The molecular formula is C15H23N3O. The van der Waals surface area contributed by atoms with Crippen LogP contribution in [-0.2, 0) is 4.79 Å². The van der Waals surface area contributed by atoms with Crippen LogP contribution < -0.4 is 10.6 Å². The molecule has 1 fully saturated rings. The van der Waals surface area contributed by atoms with Gasteiger partial charge in [-0.05, 0) is 18.6 Å². The minimum absolute atomic E-state index is 0.0664. The molecule has 2 rings (SSSR count). The maximum absolute atomic E-state index is 12.2. The second-order valence-electron chi connectivity index (χ2n) is 5.14. The molecule has 1 unspecified atom stereocenters. The van der Waals surface area contributed by atoms with E-state index in [0.717, 1.165) is 32.6 Å². The topological polar surface area (TPSA) is 49.6 Å². The molecule has 0 aromatic heterocycles. The van der Waals surface area contributed by atoms with Crippen molar-refractivity contribution in [1.82, 2.24) is 4.90 Å². The summed E-state index contributed by atoms with van der Waals surface area (Å²) in [5, 5.41) is 0. The van der Waals surface area contributed by atoms with Crippen LogP contribution in [-0.4, -0.2) is 43.5 Å². The zero-order valence-electron chi connectivity index (χ0n) is 11.6. The highest BCUT2D eigenvalue weighted by molar-refractivity contribution is 5.78. The summed E-state index contributed by atoms with van der Waals surface area (Å²) in [6, 6.07) is 10.4. The van der Waals surface area contributed by atoms with Crippen LogP contribution in [0, 0.1) is 5.92 Å². The van der Waals surface area contributed by atoms with Gasteiger partial charge in [-0.2, -0.15) is 0 Å². The van der Waals surface area contributed by atoms with Crippen LogP contribution in [0.1, 0.15) is 13.3 Å². The standard InChI is InChI=1S/C15H23N3O/c1-13(12-16)15(19)18-9-5-8-17(10-11-18)14-6-3-2-4-7-14/h2-4,6-7,13H,5,8-12,16H2,1H3. The third kappa shape index (κ3) is 3.47. The highest BCUT2D eigenvalue weighted by atomic mass is 16.2. The summed E-state index contributed by atoms with van der Waals surface area (Å²) in [5.74, 6) is 0.126. The largest absolute Gasteiger partial charge is 0.370 e. The van der Waals surface area contributed by atoms with Crippen molar-refractivity contribution in [3.63, 3.8) is 0 Å². The third-order valence-electron chi connectivity index (χ3n) is 3.70. The number of carbonyl (C=O) groups excluding carboxylic acids is 1. The van der Waals surface area contributed by atoms with E-state index in [2.05, 4.69) is 29.2 Å². The SMILES string of the molecule is CC(CN)C(=O)N1CCCN(c2ccccc2)CC1. The molecule has 0 bridgehead atoms. The number of anilines is 1. The number of amides is 1. The molecule has 2 N–H and O–H groups in total. The Balaban J connectivity index is 1.97. The van der Waals surface area contributed by atoms with Gasteiger partial charge in [0.25, 0.3) is 0 Å². The van der Waals surface area contributed by atoms with Gasteiger partial charge in [-0.25, -0.2) is 0 Å². The fraction of sp³-hybridized carbons (Fsp3) is 0.533. The Hall–Kier alpha value is -1.55. The molecule has 19 heavy (non-hydrogen) atoms. The molecular weight excluding hydrogens is 238 g/mol. The molecule has 1 amide bonds. The second-order valence-corrected chi connectivity index (χ2v) is 5.14. The highest BCUT2D eigenvalue weighted by Crippen LogP contribution is 2.16. The lowest BCUT2D eigenvalue weighted by atomic mass is 10.1. The summed E-state index contributed by atoms with van der Waals surface area (Å²) < 4.78 is 0. The lowest BCUT2D eigenvalue weighted by Crippen LogP contribution is -2.40. The van der Waals surface area contributed by atoms with Crippen LogP contribution in [0.15, 0.2) is 30.3 Å². The normalized spacial score (nSPS) is 18.0. The van der Waals surface area contributed by atoms with E-state index in [4.69, 9.17) is 5.73 Å². The molecule has 1 aliphatic rings. The lowest BCUT2D eigenvalue weighted by molar-refractivity contribution is -0.134. The van der Waals surface area contributed by atoms with Crippen molar-refractivity contribution < 1.29 is 4.79 Å². The molecule has 0 radical (unpaired) electrons. The lowest BCUT2D eigenvalue weighted by Gasteiger charge is -2.25. The molecule has 0 saturated carbocycles. The smallest absolute Gasteiger partial charge is 0.226 e. The van der Waals surface area contributed by atoms with E-state index in [1.165, 1.54) is 5.69 Å². The fourth-order valence-corrected chi connectivity index (χ4v) is 2.45. The Morgan fingerprint density at radius 1 is 1.21 bits per heavy atom. The number of benzene rings is 1. The summed E-state index contributed by atoms with van der Waals surface area (Å²) in [6.45, 7) is 5.86. The number of rotatable bonds is 3. The Morgan fingerprint density at radius 2 is 1.95 bits per heavy atom. The Morgan fingerprint density at radius 3 is 2.63 bits per heavy atom. The summed E-state index contributed by atoms with van der Waals surface area (Å²) in [7, 11) is 0. The van der Waals surface area contributed by atoms with Crippen LogP contribution >= 0.6 is 0 Å². The van der Waals surface area contributed by atoms with Gasteiger partial charge in [0, 0.05) is 44.3 Å². The Kier molecular flexibility index (Phi) is 4.80. The van der Waals surface area contributed by atoms with Gasteiger partial charge in [-0.3, -0.25) is 4.79 Å². The average Bonchev–Trinajstić information content (AvgIpc) is 2.72. The van der Waals surface area contributed by atoms with Gasteiger partial charge >= 0.3 is 0 Å². The van der Waals surface area contributed by atoms with Gasteiger partial charge in [-0.15, -0.1) is 0 Å². The zero-order chi connectivity index (χ0) is 13.7. The molecule has 1 atom stereocenters. The number of nitrogens with zero attached hydrogens (tertiary/aromatic N) is 2. The number of nitrogens with two attached hydrogens (primary N) is 1. The van der Waals surface area contributed by atoms with E-state index >= 15 is 0 Å². The van der Waals surface area contributed by atoms with Crippen molar-refractivity contribution in [1.29, 1.82) is 0 Å². The molecule has 4 heteroatoms. The Labute approximate surface area is 115 Å². The quantitative estimate of drug-likeness (QED) is 0.893. The van der Waals surface area contributed by atoms with E-state index in [0.29, 0.717) is 6.54 Å². The fourth-order valence-electron chi connectivity index (χ4n) is 2.45. The number of hydrogen-bond acceptors (Lipinski definition) is 3. The van der Waals surface area contributed by atoms with E-state index in [1.54, 1.807) is 0 Å². The monoisotopic (exact) mass is 261 g/mol. The van der Waals surface area contributed by atoms with Crippen LogP contribution in [0.25, 0.3) is 0 Å². The minimum atomic E-state index is -0.0664. The first-order valence-electron chi connectivity index (χ1n) is 7.01. The minimum Gasteiger partial charge on any atom is -0.370 e. The molecule has 4 nitrogen and oxygen atoms in total. The molecule has 1 aromatic rings. The van der Waals surface area contributed by atoms with Gasteiger partial charge in [0.05, 0.1) is 0 Å². The van der Waals surface area contributed by atoms with Crippen LogP contribution in [0.4, 0.5) is 5.69 Å². The maximum atomic E-state index is 12.2. The van der Waals surface area contributed by atoms with E-state index < -0.39 is 0 Å². The predicted molar refractivity (Wildman–Crippen MR) is 78.1 cm³/mol. The molecule has 1 saturated heterocycles. The van der Waals surface area contributed by atoms with E-state index in [-0.39, 0.29) is 11.8 Å². The van der Waals surface area contributed by atoms with Gasteiger partial charge < -0.3 is 15.5 Å². The molecule has 1 aliphatic heterocycles. The maximum Gasteiger partial charge on any atom is 0.226 e. The number of carbonyl (C=O) groups is 1. The van der Waals surface area contributed by atoms with Crippen molar-refractivity contribution in [3.05, 3.63) is 30.3 Å². The van der Waals surface area contributed by atoms with Crippen molar-refractivity contribution in [3.8, 4) is 0 Å². The Bertz CT molecular complexity index is 407. The number of para-hydroxylation sites is 1. The molecule has 104 valence electrons. The summed E-state index contributed by atoms with van der Waals surface area (Å²) >= 11 is 0. The first kappa shape index (κ1) is 13.9. The van der Waals surface area contributed by atoms with Gasteiger partial charge in [0.1, 0.15) is 0 Å².